The summed E-state index contributed by atoms with van der Waals surface area (Å²) >= 11 is 11.7. The summed E-state index contributed by atoms with van der Waals surface area (Å²) in [6.45, 7) is -3.04. The van der Waals surface area contributed by atoms with Crippen molar-refractivity contribution < 1.29 is 23.4 Å². The fraction of sp³-hybridized carbons (Fsp3) is 0.462. The minimum atomic E-state index is -3.04. The molecule has 1 aliphatic rings. The van der Waals surface area contributed by atoms with E-state index >= 15 is 0 Å². The Balaban J connectivity index is 2.27. The first-order chi connectivity index (χ1) is 9.84. The van der Waals surface area contributed by atoms with E-state index in [4.69, 9.17) is 23.2 Å². The second kappa shape index (κ2) is 6.23. The fourth-order valence-corrected chi connectivity index (χ4v) is 3.06. The summed E-state index contributed by atoms with van der Waals surface area (Å²) in [6.07, 6.45) is 2.56. The Morgan fingerprint density at radius 3 is 2.24 bits per heavy atom. The molecular formula is C13H13Cl2F2NO3. The van der Waals surface area contributed by atoms with Gasteiger partial charge in [0.25, 0.3) is 0 Å². The van der Waals surface area contributed by atoms with Crippen LogP contribution < -0.4 is 10.1 Å². The summed E-state index contributed by atoms with van der Waals surface area (Å²) in [6, 6.07) is 2.66. The number of nitrogens with one attached hydrogen (secondary N) is 1. The fourth-order valence-electron chi connectivity index (χ4n) is 2.48. The number of benzene rings is 1. The summed E-state index contributed by atoms with van der Waals surface area (Å²) < 4.78 is 28.7. The maximum Gasteiger partial charge on any atom is 0.387 e. The Morgan fingerprint density at radius 1 is 1.29 bits per heavy atom. The molecule has 4 nitrogen and oxygen atoms in total. The van der Waals surface area contributed by atoms with Crippen molar-refractivity contribution in [2.24, 2.45) is 0 Å². The van der Waals surface area contributed by atoms with E-state index in [-0.39, 0.29) is 15.8 Å². The molecule has 0 bridgehead atoms. The number of ether oxygens (including phenoxy) is 1. The van der Waals surface area contributed by atoms with Gasteiger partial charge in [0.2, 0.25) is 0 Å². The van der Waals surface area contributed by atoms with E-state index < -0.39 is 18.1 Å². The predicted molar refractivity (Wildman–Crippen MR) is 75.6 cm³/mol. The summed E-state index contributed by atoms with van der Waals surface area (Å²) in [5.74, 6) is -1.28. The van der Waals surface area contributed by atoms with Crippen molar-refractivity contribution in [1.29, 1.82) is 0 Å². The summed E-state index contributed by atoms with van der Waals surface area (Å²) in [5, 5.41) is 12.1. The Hall–Kier alpha value is -1.27. The van der Waals surface area contributed by atoms with Crippen molar-refractivity contribution in [2.45, 2.75) is 37.8 Å². The highest BCUT2D eigenvalue weighted by atomic mass is 35.5. The van der Waals surface area contributed by atoms with E-state index in [1.165, 1.54) is 12.1 Å². The molecule has 0 heterocycles. The van der Waals surface area contributed by atoms with Gasteiger partial charge in [-0.25, -0.2) is 4.79 Å². The summed E-state index contributed by atoms with van der Waals surface area (Å²) in [7, 11) is 0. The topological polar surface area (TPSA) is 58.6 Å². The third-order valence-corrected chi connectivity index (χ3v) is 4.02. The van der Waals surface area contributed by atoms with Crippen LogP contribution in [0.1, 0.15) is 25.7 Å². The number of rotatable bonds is 5. The molecule has 0 radical (unpaired) electrons. The molecule has 0 unspecified atom stereocenters. The lowest BCUT2D eigenvalue weighted by atomic mass is 9.97. The first-order valence-electron chi connectivity index (χ1n) is 6.29. The van der Waals surface area contributed by atoms with E-state index in [2.05, 4.69) is 10.1 Å². The van der Waals surface area contributed by atoms with Crippen molar-refractivity contribution in [3.63, 3.8) is 0 Å². The number of hydrogen-bond donors (Lipinski definition) is 2. The first kappa shape index (κ1) is 16.1. The smallest absolute Gasteiger partial charge is 0.387 e. The minimum Gasteiger partial charge on any atom is -0.480 e. The lowest BCUT2D eigenvalue weighted by Gasteiger charge is -2.27. The number of aliphatic carboxylic acids is 1. The number of halogens is 4. The van der Waals surface area contributed by atoms with Gasteiger partial charge in [0.05, 0.1) is 10.0 Å². The van der Waals surface area contributed by atoms with Crippen molar-refractivity contribution in [3.05, 3.63) is 22.2 Å². The number of carboxylic acids is 1. The molecule has 0 aliphatic heterocycles. The second-order valence-corrected chi connectivity index (χ2v) is 5.68. The average molecular weight is 340 g/mol. The van der Waals surface area contributed by atoms with Gasteiger partial charge in [-0.3, -0.25) is 0 Å². The molecule has 2 N–H and O–H groups in total. The van der Waals surface area contributed by atoms with Gasteiger partial charge in [-0.2, -0.15) is 8.78 Å². The molecule has 116 valence electrons. The summed E-state index contributed by atoms with van der Waals surface area (Å²) in [5.41, 5.74) is -0.714. The Bertz CT molecular complexity index is 525. The second-order valence-electron chi connectivity index (χ2n) is 4.87. The maximum absolute atomic E-state index is 12.2. The minimum absolute atomic E-state index is 0.108. The molecule has 1 fully saturated rings. The number of anilines is 1. The zero-order valence-corrected chi connectivity index (χ0v) is 12.3. The Morgan fingerprint density at radius 2 is 1.81 bits per heavy atom. The average Bonchev–Trinajstić information content (AvgIpc) is 2.83. The predicted octanol–water partition coefficient (Wildman–Crippen LogP) is 4.40. The molecule has 1 aromatic carbocycles. The molecule has 1 aromatic rings. The Kier molecular flexibility index (Phi) is 4.78. The molecule has 1 aliphatic carbocycles. The van der Waals surface area contributed by atoms with Gasteiger partial charge in [-0.15, -0.1) is 0 Å². The van der Waals surface area contributed by atoms with E-state index in [1.807, 2.05) is 0 Å². The van der Waals surface area contributed by atoms with Crippen LogP contribution in [-0.2, 0) is 4.79 Å². The Labute approximate surface area is 130 Å². The normalized spacial score (nSPS) is 17.0. The van der Waals surface area contributed by atoms with Gasteiger partial charge in [0.15, 0.2) is 5.75 Å². The number of carbonyl (C=O) groups is 1. The standard InChI is InChI=1S/C13H13Cl2F2NO3/c14-8-5-7(6-9(15)10(8)21-12(16)17)18-13(11(19)20)3-1-2-4-13/h5-6,12,18H,1-4H2,(H,19,20). The van der Waals surface area contributed by atoms with Gasteiger partial charge in [0, 0.05) is 5.69 Å². The van der Waals surface area contributed by atoms with Crippen molar-refractivity contribution in [3.8, 4) is 5.75 Å². The van der Waals surface area contributed by atoms with Crippen molar-refractivity contribution in [2.75, 3.05) is 5.32 Å². The van der Waals surface area contributed by atoms with Crippen LogP contribution in [0.25, 0.3) is 0 Å². The molecular weight excluding hydrogens is 327 g/mol. The van der Waals surface area contributed by atoms with E-state index in [9.17, 15) is 18.7 Å². The van der Waals surface area contributed by atoms with Crippen LogP contribution in [0.15, 0.2) is 12.1 Å². The SMILES string of the molecule is O=C(O)C1(Nc2cc(Cl)c(OC(F)F)c(Cl)c2)CCCC1. The zero-order valence-electron chi connectivity index (χ0n) is 10.8. The quantitative estimate of drug-likeness (QED) is 0.834. The lowest BCUT2D eigenvalue weighted by Crippen LogP contribution is -2.43. The van der Waals surface area contributed by atoms with Crippen LogP contribution in [0.4, 0.5) is 14.5 Å². The van der Waals surface area contributed by atoms with Crippen molar-refractivity contribution >= 4 is 34.9 Å². The first-order valence-corrected chi connectivity index (χ1v) is 7.05. The highest BCUT2D eigenvalue weighted by Crippen LogP contribution is 2.40. The molecule has 1 saturated carbocycles. The van der Waals surface area contributed by atoms with Crippen LogP contribution in [-0.4, -0.2) is 23.2 Å². The third kappa shape index (κ3) is 3.49. The van der Waals surface area contributed by atoms with Crippen LogP contribution in [0.2, 0.25) is 10.0 Å². The van der Waals surface area contributed by atoms with E-state index in [0.717, 1.165) is 12.8 Å². The molecule has 0 spiro atoms. The van der Waals surface area contributed by atoms with Crippen LogP contribution in [0.5, 0.6) is 5.75 Å². The molecule has 2 rings (SSSR count). The highest BCUT2D eigenvalue weighted by Gasteiger charge is 2.41. The number of hydrogen-bond acceptors (Lipinski definition) is 3. The van der Waals surface area contributed by atoms with Crippen LogP contribution in [0.3, 0.4) is 0 Å². The van der Waals surface area contributed by atoms with Gasteiger partial charge < -0.3 is 15.2 Å². The van der Waals surface area contributed by atoms with Crippen LogP contribution in [0, 0.1) is 0 Å². The number of alkyl halides is 2. The molecule has 0 amide bonds. The van der Waals surface area contributed by atoms with Gasteiger partial charge >= 0.3 is 12.6 Å². The van der Waals surface area contributed by atoms with Gasteiger partial charge in [-0.1, -0.05) is 36.0 Å². The lowest BCUT2D eigenvalue weighted by molar-refractivity contribution is -0.142. The molecule has 0 aromatic heterocycles. The molecule has 0 saturated heterocycles. The van der Waals surface area contributed by atoms with E-state index in [1.54, 1.807) is 0 Å². The monoisotopic (exact) mass is 339 g/mol. The van der Waals surface area contributed by atoms with E-state index in [0.29, 0.717) is 18.5 Å². The maximum atomic E-state index is 12.2. The molecule has 8 heteroatoms. The van der Waals surface area contributed by atoms with Gasteiger partial charge in [-0.05, 0) is 25.0 Å². The zero-order chi connectivity index (χ0) is 15.6. The third-order valence-electron chi connectivity index (χ3n) is 3.46. The summed E-state index contributed by atoms with van der Waals surface area (Å²) in [4.78, 5) is 11.5. The molecule has 0 atom stereocenters. The van der Waals surface area contributed by atoms with Crippen molar-refractivity contribution in [1.82, 2.24) is 0 Å². The highest BCUT2D eigenvalue weighted by molar-refractivity contribution is 6.37. The molecule has 21 heavy (non-hydrogen) atoms. The number of carboxylic acid groups (broad SMARTS) is 1. The van der Waals surface area contributed by atoms with Crippen LogP contribution >= 0.6 is 23.2 Å². The van der Waals surface area contributed by atoms with Gasteiger partial charge in [0.1, 0.15) is 5.54 Å². The largest absolute Gasteiger partial charge is 0.480 e.